The zero-order valence-electron chi connectivity index (χ0n) is 10.3. The quantitative estimate of drug-likeness (QED) is 0.806. The third kappa shape index (κ3) is 2.89. The Kier molecular flexibility index (Phi) is 4.62. The molecule has 0 spiro atoms. The maximum Gasteiger partial charge on any atom is 0.124 e. The zero-order chi connectivity index (χ0) is 12.1. The topological polar surface area (TPSA) is 43.7 Å². The lowest BCUT2D eigenvalue weighted by molar-refractivity contribution is 0.247. The second-order valence-corrected chi connectivity index (χ2v) is 4.22. The molecule has 1 aromatic rings. The van der Waals surface area contributed by atoms with Crippen LogP contribution in [0.4, 0.5) is 0 Å². The third-order valence-corrected chi connectivity index (χ3v) is 3.00. The minimum Gasteiger partial charge on any atom is -0.507 e. The van der Waals surface area contributed by atoms with E-state index < -0.39 is 0 Å². The van der Waals surface area contributed by atoms with Crippen molar-refractivity contribution in [2.75, 3.05) is 13.6 Å². The Hall–Kier alpha value is -1.22. The van der Waals surface area contributed by atoms with Crippen LogP contribution in [-0.2, 0) is 0 Å². The summed E-state index contributed by atoms with van der Waals surface area (Å²) in [7, 11) is 2.01. The van der Waals surface area contributed by atoms with Gasteiger partial charge in [-0.2, -0.15) is 0 Å². The Labute approximate surface area is 97.3 Å². The molecule has 0 radical (unpaired) electrons. The molecule has 0 aliphatic heterocycles. The smallest absolute Gasteiger partial charge is 0.124 e. The van der Waals surface area contributed by atoms with Gasteiger partial charge in [0.05, 0.1) is 5.56 Å². The van der Waals surface area contributed by atoms with E-state index in [9.17, 15) is 10.2 Å². The molecule has 3 heteroatoms. The highest BCUT2D eigenvalue weighted by molar-refractivity contribution is 5.44. The molecule has 0 bridgehead atoms. The molecular weight excluding hydrogens is 202 g/mol. The number of hydrogen-bond donors (Lipinski definition) is 2. The monoisotopic (exact) mass is 223 g/mol. The number of phenols is 2. The van der Waals surface area contributed by atoms with Crippen LogP contribution >= 0.6 is 0 Å². The van der Waals surface area contributed by atoms with Gasteiger partial charge in [-0.25, -0.2) is 0 Å². The molecule has 1 aromatic carbocycles. The number of benzene rings is 1. The lowest BCUT2D eigenvalue weighted by Gasteiger charge is -2.26. The maximum atomic E-state index is 9.75. The Balaban J connectivity index is 2.82. The zero-order valence-corrected chi connectivity index (χ0v) is 10.3. The summed E-state index contributed by atoms with van der Waals surface area (Å²) >= 11 is 0. The molecule has 0 saturated heterocycles. The van der Waals surface area contributed by atoms with E-state index in [1.54, 1.807) is 18.2 Å². The van der Waals surface area contributed by atoms with Crippen molar-refractivity contribution in [1.29, 1.82) is 0 Å². The van der Waals surface area contributed by atoms with Gasteiger partial charge in [-0.3, -0.25) is 4.90 Å². The maximum absolute atomic E-state index is 9.75. The van der Waals surface area contributed by atoms with Gasteiger partial charge in [0.2, 0.25) is 0 Å². The molecular formula is C13H21NO2. The Morgan fingerprint density at radius 2 is 1.81 bits per heavy atom. The van der Waals surface area contributed by atoms with E-state index in [1.165, 1.54) is 0 Å². The van der Waals surface area contributed by atoms with Crippen molar-refractivity contribution < 1.29 is 10.2 Å². The fourth-order valence-electron chi connectivity index (χ4n) is 1.79. The molecule has 0 aliphatic rings. The standard InChI is InChI=1S/C13H21NO2/c1-4-5-9-14(3)10(2)13-11(15)7-6-8-12(13)16/h6-8,10,15-16H,4-5,9H2,1-3H3. The fourth-order valence-corrected chi connectivity index (χ4v) is 1.79. The van der Waals surface area contributed by atoms with Gasteiger partial charge in [0.15, 0.2) is 0 Å². The van der Waals surface area contributed by atoms with Crippen molar-refractivity contribution in [3.63, 3.8) is 0 Å². The van der Waals surface area contributed by atoms with Gasteiger partial charge in [-0.15, -0.1) is 0 Å². The van der Waals surface area contributed by atoms with Crippen molar-refractivity contribution in [1.82, 2.24) is 4.90 Å². The Morgan fingerprint density at radius 3 is 2.31 bits per heavy atom. The van der Waals surface area contributed by atoms with Crippen molar-refractivity contribution >= 4 is 0 Å². The molecule has 0 amide bonds. The summed E-state index contributed by atoms with van der Waals surface area (Å²) in [5.41, 5.74) is 0.612. The lowest BCUT2D eigenvalue weighted by Crippen LogP contribution is -2.23. The summed E-state index contributed by atoms with van der Waals surface area (Å²) in [5, 5.41) is 19.5. The second-order valence-electron chi connectivity index (χ2n) is 4.22. The van der Waals surface area contributed by atoms with E-state index in [1.807, 2.05) is 14.0 Å². The summed E-state index contributed by atoms with van der Waals surface area (Å²) in [5.74, 6) is 0.326. The number of unbranched alkanes of at least 4 members (excludes halogenated alkanes) is 1. The van der Waals surface area contributed by atoms with Crippen molar-refractivity contribution in [3.05, 3.63) is 23.8 Å². The first-order chi connectivity index (χ1) is 7.57. The fraction of sp³-hybridized carbons (Fsp3) is 0.538. The van der Waals surface area contributed by atoms with Gasteiger partial charge >= 0.3 is 0 Å². The molecule has 2 N–H and O–H groups in total. The normalized spacial score (nSPS) is 13.0. The van der Waals surface area contributed by atoms with E-state index in [2.05, 4.69) is 11.8 Å². The molecule has 0 fully saturated rings. The predicted molar refractivity (Wildman–Crippen MR) is 65.7 cm³/mol. The van der Waals surface area contributed by atoms with E-state index in [0.717, 1.165) is 19.4 Å². The molecule has 1 atom stereocenters. The summed E-state index contributed by atoms with van der Waals surface area (Å²) in [4.78, 5) is 2.14. The van der Waals surface area contributed by atoms with E-state index in [0.29, 0.717) is 5.56 Å². The SMILES string of the molecule is CCCCN(C)C(C)c1c(O)cccc1O. The van der Waals surface area contributed by atoms with Crippen LogP contribution in [0.1, 0.15) is 38.3 Å². The summed E-state index contributed by atoms with van der Waals surface area (Å²) in [6.07, 6.45) is 2.26. The first kappa shape index (κ1) is 12.8. The minimum atomic E-state index is 0.0211. The number of nitrogens with zero attached hydrogens (tertiary/aromatic N) is 1. The molecule has 90 valence electrons. The summed E-state index contributed by atoms with van der Waals surface area (Å²) in [6.45, 7) is 5.10. The highest BCUT2D eigenvalue weighted by Crippen LogP contribution is 2.34. The molecule has 0 aromatic heterocycles. The van der Waals surface area contributed by atoms with Crippen LogP contribution in [0.5, 0.6) is 11.5 Å². The van der Waals surface area contributed by atoms with Crippen molar-refractivity contribution in [2.24, 2.45) is 0 Å². The second kappa shape index (κ2) is 5.75. The Bertz CT molecular complexity index is 318. The minimum absolute atomic E-state index is 0.0211. The number of phenolic OH excluding ortho intramolecular Hbond substituents is 2. The number of hydrogen-bond acceptors (Lipinski definition) is 3. The number of aromatic hydroxyl groups is 2. The lowest BCUT2D eigenvalue weighted by atomic mass is 10.0. The van der Waals surface area contributed by atoms with E-state index in [-0.39, 0.29) is 17.5 Å². The van der Waals surface area contributed by atoms with Crippen LogP contribution in [0, 0.1) is 0 Å². The first-order valence-electron chi connectivity index (χ1n) is 5.79. The van der Waals surface area contributed by atoms with Crippen LogP contribution in [-0.4, -0.2) is 28.7 Å². The highest BCUT2D eigenvalue weighted by atomic mass is 16.3. The first-order valence-corrected chi connectivity index (χ1v) is 5.79. The van der Waals surface area contributed by atoms with Crippen LogP contribution in [0.25, 0.3) is 0 Å². The molecule has 0 saturated carbocycles. The predicted octanol–water partition coefficient (Wildman–Crippen LogP) is 2.89. The summed E-state index contributed by atoms with van der Waals surface area (Å²) in [6, 6.07) is 4.89. The van der Waals surface area contributed by atoms with Crippen LogP contribution < -0.4 is 0 Å². The number of rotatable bonds is 5. The van der Waals surface area contributed by atoms with Gasteiger partial charge in [-0.05, 0) is 39.1 Å². The summed E-state index contributed by atoms with van der Waals surface area (Å²) < 4.78 is 0. The molecule has 0 heterocycles. The van der Waals surface area contributed by atoms with Crippen LogP contribution in [0.15, 0.2) is 18.2 Å². The Morgan fingerprint density at radius 1 is 1.25 bits per heavy atom. The largest absolute Gasteiger partial charge is 0.507 e. The van der Waals surface area contributed by atoms with E-state index in [4.69, 9.17) is 0 Å². The van der Waals surface area contributed by atoms with Crippen molar-refractivity contribution in [2.45, 2.75) is 32.7 Å². The van der Waals surface area contributed by atoms with Gasteiger partial charge in [0.25, 0.3) is 0 Å². The van der Waals surface area contributed by atoms with Crippen LogP contribution in [0.3, 0.4) is 0 Å². The van der Waals surface area contributed by atoms with Gasteiger partial charge < -0.3 is 10.2 Å². The van der Waals surface area contributed by atoms with Crippen molar-refractivity contribution in [3.8, 4) is 11.5 Å². The van der Waals surface area contributed by atoms with Gasteiger partial charge in [-0.1, -0.05) is 19.4 Å². The van der Waals surface area contributed by atoms with Gasteiger partial charge in [0.1, 0.15) is 11.5 Å². The molecule has 16 heavy (non-hydrogen) atoms. The van der Waals surface area contributed by atoms with E-state index >= 15 is 0 Å². The third-order valence-electron chi connectivity index (χ3n) is 3.00. The molecule has 1 rings (SSSR count). The molecule has 1 unspecified atom stereocenters. The molecule has 3 nitrogen and oxygen atoms in total. The molecule has 0 aliphatic carbocycles. The average molecular weight is 223 g/mol. The highest BCUT2D eigenvalue weighted by Gasteiger charge is 2.18. The average Bonchev–Trinajstić information content (AvgIpc) is 2.25. The van der Waals surface area contributed by atoms with Crippen LogP contribution in [0.2, 0.25) is 0 Å². The van der Waals surface area contributed by atoms with Gasteiger partial charge in [0, 0.05) is 6.04 Å².